The Hall–Kier alpha value is -0.350. The first-order valence-corrected chi connectivity index (χ1v) is 12.4. The van der Waals surface area contributed by atoms with E-state index < -0.39 is 18.4 Å². The van der Waals surface area contributed by atoms with E-state index in [1.807, 2.05) is 0 Å². The third kappa shape index (κ3) is 5.52. The van der Waals surface area contributed by atoms with Gasteiger partial charge in [0.25, 0.3) is 0 Å². The Morgan fingerprint density at radius 2 is 1.67 bits per heavy atom. The van der Waals surface area contributed by atoms with Gasteiger partial charge in [-0.15, -0.1) is 0 Å². The highest BCUT2D eigenvalue weighted by atomic mass is 19.1. The summed E-state index contributed by atoms with van der Waals surface area (Å²) in [4.78, 5) is 5.00. The van der Waals surface area contributed by atoms with Gasteiger partial charge in [0.1, 0.15) is 37.2 Å². The van der Waals surface area contributed by atoms with Crippen LogP contribution in [0, 0.1) is 5.92 Å². The van der Waals surface area contributed by atoms with Gasteiger partial charge in [-0.05, 0) is 38.5 Å². The number of alkyl halides is 1. The van der Waals surface area contributed by atoms with Gasteiger partial charge in [-0.2, -0.15) is 0 Å². The Morgan fingerprint density at radius 3 is 2.33 bits per heavy atom. The van der Waals surface area contributed by atoms with E-state index in [0.717, 1.165) is 52.1 Å². The molecule has 4 fully saturated rings. The van der Waals surface area contributed by atoms with Crippen LogP contribution in [0.1, 0.15) is 44.9 Å². The third-order valence-corrected chi connectivity index (χ3v) is 7.95. The molecular formula is C22H43FN4O3+2. The lowest BCUT2D eigenvalue weighted by Gasteiger charge is -2.42. The van der Waals surface area contributed by atoms with Crippen LogP contribution in [0.5, 0.6) is 0 Å². The lowest BCUT2D eigenvalue weighted by molar-refractivity contribution is -0.717. The summed E-state index contributed by atoms with van der Waals surface area (Å²) >= 11 is 0. The SMILES string of the molecule is OCC1OC(C[NH2+]CC2CCC(F)CC2)C(N2CCN(C3CCCC[NH2+]3)CC2)C1O. The second-order valence-corrected chi connectivity index (χ2v) is 9.91. The highest BCUT2D eigenvalue weighted by molar-refractivity contribution is 4.98. The summed E-state index contributed by atoms with van der Waals surface area (Å²) in [6.07, 6.45) is 6.15. The number of piperidine rings is 1. The van der Waals surface area contributed by atoms with Crippen molar-refractivity contribution in [2.45, 2.75) is 81.6 Å². The van der Waals surface area contributed by atoms with Crippen LogP contribution >= 0.6 is 0 Å². The fourth-order valence-electron chi connectivity index (χ4n) is 6.10. The molecule has 5 atom stereocenters. The summed E-state index contributed by atoms with van der Waals surface area (Å²) in [6.45, 7) is 6.88. The van der Waals surface area contributed by atoms with E-state index in [0.29, 0.717) is 24.9 Å². The van der Waals surface area contributed by atoms with Crippen LogP contribution in [0.2, 0.25) is 0 Å². The number of hydrogen-bond acceptors (Lipinski definition) is 5. The minimum absolute atomic E-state index is 0.0440. The van der Waals surface area contributed by atoms with Gasteiger partial charge in [-0.3, -0.25) is 9.80 Å². The smallest absolute Gasteiger partial charge is 0.142 e. The first-order chi connectivity index (χ1) is 14.7. The molecule has 7 nitrogen and oxygen atoms in total. The van der Waals surface area contributed by atoms with Crippen LogP contribution in [0.3, 0.4) is 0 Å². The Bertz CT molecular complexity index is 509. The van der Waals surface area contributed by atoms with E-state index in [9.17, 15) is 14.6 Å². The zero-order valence-corrected chi connectivity index (χ0v) is 18.4. The molecule has 0 aromatic rings. The number of nitrogens with two attached hydrogens (primary N) is 2. The molecule has 0 aromatic heterocycles. The van der Waals surface area contributed by atoms with Crippen molar-refractivity contribution in [1.82, 2.24) is 9.80 Å². The highest BCUT2D eigenvalue weighted by Gasteiger charge is 2.48. The normalized spacial score (nSPS) is 41.9. The monoisotopic (exact) mass is 430 g/mol. The molecule has 1 saturated carbocycles. The molecule has 8 heteroatoms. The molecular weight excluding hydrogens is 387 g/mol. The fourth-order valence-corrected chi connectivity index (χ4v) is 6.10. The van der Waals surface area contributed by atoms with Gasteiger partial charge >= 0.3 is 0 Å². The lowest BCUT2D eigenvalue weighted by Crippen LogP contribution is -2.95. The molecule has 4 rings (SSSR count). The maximum atomic E-state index is 13.4. The van der Waals surface area contributed by atoms with Crippen molar-refractivity contribution in [3.05, 3.63) is 0 Å². The predicted octanol–water partition coefficient (Wildman–Crippen LogP) is -1.74. The van der Waals surface area contributed by atoms with Gasteiger partial charge in [0.05, 0.1) is 25.7 Å². The van der Waals surface area contributed by atoms with Gasteiger partial charge in [-0.25, -0.2) is 4.39 Å². The molecule has 0 spiro atoms. The summed E-state index contributed by atoms with van der Waals surface area (Å²) in [7, 11) is 0. The van der Waals surface area contributed by atoms with Gasteiger partial charge in [0, 0.05) is 38.5 Å². The van der Waals surface area contributed by atoms with Crippen LogP contribution in [0.25, 0.3) is 0 Å². The van der Waals surface area contributed by atoms with E-state index >= 15 is 0 Å². The molecule has 30 heavy (non-hydrogen) atoms. The number of aliphatic hydroxyl groups is 2. The van der Waals surface area contributed by atoms with Crippen LogP contribution in [0.15, 0.2) is 0 Å². The topological polar surface area (TPSA) is 89.4 Å². The Balaban J connectivity index is 1.27. The molecule has 3 aliphatic heterocycles. The molecule has 4 aliphatic rings. The minimum atomic E-state index is -0.636. The molecule has 0 radical (unpaired) electrons. The summed E-state index contributed by atoms with van der Waals surface area (Å²) in [5.74, 6) is 0.589. The number of hydrogen-bond donors (Lipinski definition) is 4. The van der Waals surface area contributed by atoms with E-state index in [-0.39, 0.29) is 18.8 Å². The lowest BCUT2D eigenvalue weighted by atomic mass is 9.88. The van der Waals surface area contributed by atoms with Crippen LogP contribution in [-0.2, 0) is 4.74 Å². The van der Waals surface area contributed by atoms with E-state index in [4.69, 9.17) is 4.74 Å². The Kier molecular flexibility index (Phi) is 8.36. The van der Waals surface area contributed by atoms with Gasteiger partial charge < -0.3 is 25.6 Å². The van der Waals surface area contributed by atoms with E-state index in [1.54, 1.807) is 0 Å². The molecule has 0 aromatic carbocycles. The van der Waals surface area contributed by atoms with Crippen LogP contribution in [0.4, 0.5) is 4.39 Å². The largest absolute Gasteiger partial charge is 0.394 e. The number of ether oxygens (including phenoxy) is 1. The minimum Gasteiger partial charge on any atom is -0.394 e. The maximum Gasteiger partial charge on any atom is 0.142 e. The summed E-state index contributed by atoms with van der Waals surface area (Å²) < 4.78 is 19.4. The van der Waals surface area contributed by atoms with E-state index in [2.05, 4.69) is 20.4 Å². The second-order valence-electron chi connectivity index (χ2n) is 9.91. The highest BCUT2D eigenvalue weighted by Crippen LogP contribution is 2.27. The first kappa shape index (κ1) is 22.8. The molecule has 1 aliphatic carbocycles. The quantitative estimate of drug-likeness (QED) is 0.385. The molecule has 5 unspecified atom stereocenters. The zero-order valence-electron chi connectivity index (χ0n) is 18.4. The zero-order chi connectivity index (χ0) is 20.9. The first-order valence-electron chi connectivity index (χ1n) is 12.4. The molecule has 3 saturated heterocycles. The number of rotatable bonds is 7. The summed E-state index contributed by atoms with van der Waals surface area (Å²) in [5, 5.41) is 25.3. The molecule has 0 amide bonds. The Labute approximate surface area is 180 Å². The Morgan fingerprint density at radius 1 is 0.933 bits per heavy atom. The number of piperazine rings is 1. The predicted molar refractivity (Wildman–Crippen MR) is 112 cm³/mol. The number of halogens is 1. The van der Waals surface area contributed by atoms with Gasteiger partial charge in [0.2, 0.25) is 0 Å². The standard InChI is InChI=1S/C22H41FN4O3/c23-17-6-4-16(5-7-17)13-24-14-18-21(22(29)19(15-28)30-18)27-11-9-26(10-12-27)20-3-1-2-8-25-20/h16-22,24-25,28-29H,1-15H2/p+2. The van der Waals surface area contributed by atoms with Crippen molar-refractivity contribution in [3.8, 4) is 0 Å². The van der Waals surface area contributed by atoms with Gasteiger partial charge in [-0.1, -0.05) is 0 Å². The average molecular weight is 431 g/mol. The molecule has 3 heterocycles. The van der Waals surface area contributed by atoms with Crippen molar-refractivity contribution >= 4 is 0 Å². The van der Waals surface area contributed by atoms with E-state index in [1.165, 1.54) is 25.8 Å². The van der Waals surface area contributed by atoms with Crippen LogP contribution < -0.4 is 10.6 Å². The van der Waals surface area contributed by atoms with Crippen molar-refractivity contribution < 1.29 is 30.0 Å². The van der Waals surface area contributed by atoms with Gasteiger partial charge in [0.15, 0.2) is 0 Å². The molecule has 6 N–H and O–H groups in total. The molecule has 0 bridgehead atoms. The van der Waals surface area contributed by atoms with Crippen molar-refractivity contribution in [2.75, 3.05) is 52.4 Å². The molecule has 174 valence electrons. The third-order valence-electron chi connectivity index (χ3n) is 7.95. The van der Waals surface area contributed by atoms with Crippen LogP contribution in [-0.4, -0.2) is 109 Å². The summed E-state index contributed by atoms with van der Waals surface area (Å²) in [6, 6.07) is -0.0440. The average Bonchev–Trinajstić information content (AvgIpc) is 3.11. The number of nitrogens with zero attached hydrogens (tertiary/aromatic N) is 2. The summed E-state index contributed by atoms with van der Waals surface area (Å²) in [5.41, 5.74) is 0. The number of aliphatic hydroxyl groups excluding tert-OH is 2. The van der Waals surface area contributed by atoms with Crippen molar-refractivity contribution in [1.29, 1.82) is 0 Å². The van der Waals surface area contributed by atoms with Crippen molar-refractivity contribution in [2.24, 2.45) is 5.92 Å². The fraction of sp³-hybridized carbons (Fsp3) is 1.00. The van der Waals surface area contributed by atoms with Crippen molar-refractivity contribution in [3.63, 3.8) is 0 Å². The second kappa shape index (κ2) is 11.0. The maximum absolute atomic E-state index is 13.4. The number of quaternary nitrogens is 2.